The van der Waals surface area contributed by atoms with Gasteiger partial charge >= 0.3 is 0 Å². The van der Waals surface area contributed by atoms with Crippen LogP contribution in [0.15, 0.2) is 23.1 Å². The number of carbonyl (C=O) groups is 1. The third-order valence-corrected chi connectivity index (χ3v) is 3.45. The first-order valence-electron chi connectivity index (χ1n) is 6.60. The van der Waals surface area contributed by atoms with Crippen molar-refractivity contribution >= 4 is 5.91 Å². The minimum absolute atomic E-state index is 0.118. The van der Waals surface area contributed by atoms with Gasteiger partial charge in [0.25, 0.3) is 5.91 Å². The number of fused-ring (bicyclic) bond motifs is 1. The van der Waals surface area contributed by atoms with Crippen LogP contribution in [0.5, 0.6) is 0 Å². The molecule has 0 aliphatic heterocycles. The van der Waals surface area contributed by atoms with E-state index in [-0.39, 0.29) is 5.91 Å². The fourth-order valence-electron chi connectivity index (χ4n) is 2.50. The van der Waals surface area contributed by atoms with Gasteiger partial charge in [0.1, 0.15) is 0 Å². The van der Waals surface area contributed by atoms with Gasteiger partial charge in [-0.05, 0) is 37.3 Å². The zero-order valence-electron chi connectivity index (χ0n) is 11.0. The van der Waals surface area contributed by atoms with E-state index < -0.39 is 0 Å². The molecule has 19 heavy (non-hydrogen) atoms. The average Bonchev–Trinajstić information content (AvgIpc) is 3.04. The van der Waals surface area contributed by atoms with Crippen LogP contribution in [0.2, 0.25) is 0 Å². The third kappa shape index (κ3) is 2.41. The molecule has 5 nitrogen and oxygen atoms in total. The van der Waals surface area contributed by atoms with Crippen LogP contribution in [0.25, 0.3) is 0 Å². The van der Waals surface area contributed by atoms with Gasteiger partial charge in [-0.2, -0.15) is 5.10 Å². The van der Waals surface area contributed by atoms with Crippen LogP contribution >= 0.6 is 0 Å². The monoisotopic (exact) mass is 259 g/mol. The maximum atomic E-state index is 12.0. The van der Waals surface area contributed by atoms with E-state index in [0.29, 0.717) is 18.8 Å². The number of hydrogen-bond acceptors (Lipinski definition) is 3. The summed E-state index contributed by atoms with van der Waals surface area (Å²) >= 11 is 0. The van der Waals surface area contributed by atoms with Crippen LogP contribution in [0, 0.1) is 6.92 Å². The lowest BCUT2D eigenvalue weighted by atomic mass is 10.2. The number of amides is 1. The highest BCUT2D eigenvalue weighted by Gasteiger charge is 2.23. The van der Waals surface area contributed by atoms with Crippen LogP contribution in [-0.4, -0.2) is 22.2 Å². The second-order valence-corrected chi connectivity index (χ2v) is 4.96. The highest BCUT2D eigenvalue weighted by atomic mass is 16.3. The van der Waals surface area contributed by atoms with Crippen LogP contribution in [0.3, 0.4) is 0 Å². The van der Waals surface area contributed by atoms with Crippen LogP contribution in [-0.2, 0) is 19.4 Å². The molecule has 0 saturated heterocycles. The summed E-state index contributed by atoms with van der Waals surface area (Å²) in [4.78, 5) is 12.0. The van der Waals surface area contributed by atoms with E-state index >= 15 is 0 Å². The predicted molar refractivity (Wildman–Crippen MR) is 70.0 cm³/mol. The van der Waals surface area contributed by atoms with Crippen molar-refractivity contribution in [2.24, 2.45) is 0 Å². The quantitative estimate of drug-likeness (QED) is 0.909. The summed E-state index contributed by atoms with van der Waals surface area (Å²) < 4.78 is 7.19. The van der Waals surface area contributed by atoms with Gasteiger partial charge in [-0.25, -0.2) is 0 Å². The maximum Gasteiger partial charge on any atom is 0.287 e. The first-order chi connectivity index (χ1) is 9.24. The predicted octanol–water partition coefficient (Wildman–Crippen LogP) is 1.70. The van der Waals surface area contributed by atoms with Gasteiger partial charge in [0.2, 0.25) is 0 Å². The molecule has 0 radical (unpaired) electrons. The normalized spacial score (nSPS) is 13.5. The summed E-state index contributed by atoms with van der Waals surface area (Å²) in [5.74, 6) is 0.371. The smallest absolute Gasteiger partial charge is 0.287 e. The molecule has 0 fully saturated rings. The molecule has 5 heteroatoms. The minimum atomic E-state index is -0.118. The van der Waals surface area contributed by atoms with Crippen molar-refractivity contribution in [1.82, 2.24) is 15.1 Å². The molecule has 0 saturated carbocycles. The molecule has 0 unspecified atom stereocenters. The molecule has 1 aliphatic rings. The molecular formula is C14H17N3O2. The third-order valence-electron chi connectivity index (χ3n) is 3.45. The van der Waals surface area contributed by atoms with Gasteiger partial charge in [-0.1, -0.05) is 0 Å². The molecule has 3 rings (SSSR count). The van der Waals surface area contributed by atoms with E-state index in [9.17, 15) is 4.79 Å². The Morgan fingerprint density at radius 1 is 1.53 bits per heavy atom. The highest BCUT2D eigenvalue weighted by Crippen LogP contribution is 2.26. The molecule has 1 N–H and O–H groups in total. The van der Waals surface area contributed by atoms with Crippen LogP contribution in [0.1, 0.15) is 33.7 Å². The molecule has 2 heterocycles. The molecule has 100 valence electrons. The van der Waals surface area contributed by atoms with Gasteiger partial charge in [0.15, 0.2) is 5.76 Å². The summed E-state index contributed by atoms with van der Waals surface area (Å²) in [6, 6.07) is 0. The van der Waals surface area contributed by atoms with E-state index in [2.05, 4.69) is 10.4 Å². The molecular weight excluding hydrogens is 242 g/mol. The van der Waals surface area contributed by atoms with E-state index in [1.54, 1.807) is 12.5 Å². The standard InChI is InChI=1S/C14H17N3O2/c1-10-7-16-17(8-10)6-5-15-14(18)13-12-4-2-3-11(12)9-19-13/h7-9H,2-6H2,1H3,(H,15,18). The lowest BCUT2D eigenvalue weighted by Gasteiger charge is -2.04. The van der Waals surface area contributed by atoms with Gasteiger partial charge in [0.05, 0.1) is 19.0 Å². The number of nitrogens with zero attached hydrogens (tertiary/aromatic N) is 2. The Morgan fingerprint density at radius 3 is 3.21 bits per heavy atom. The number of furan rings is 1. The molecule has 0 aromatic carbocycles. The van der Waals surface area contributed by atoms with Crippen molar-refractivity contribution < 1.29 is 9.21 Å². The van der Waals surface area contributed by atoms with Crippen molar-refractivity contribution in [2.75, 3.05) is 6.54 Å². The zero-order valence-corrected chi connectivity index (χ0v) is 11.0. The Labute approximate surface area is 111 Å². The molecule has 2 aromatic rings. The lowest BCUT2D eigenvalue weighted by molar-refractivity contribution is 0.0923. The Balaban J connectivity index is 1.56. The van der Waals surface area contributed by atoms with Crippen molar-refractivity contribution in [1.29, 1.82) is 0 Å². The summed E-state index contributed by atoms with van der Waals surface area (Å²) in [5, 5.41) is 7.05. The Bertz CT molecular complexity index is 598. The Kier molecular flexibility index (Phi) is 3.11. The number of nitrogens with one attached hydrogen (secondary N) is 1. The molecule has 0 atom stereocenters. The Morgan fingerprint density at radius 2 is 2.42 bits per heavy atom. The van der Waals surface area contributed by atoms with Crippen molar-refractivity contribution in [3.05, 3.63) is 41.1 Å². The summed E-state index contributed by atoms with van der Waals surface area (Å²) in [5.41, 5.74) is 3.40. The largest absolute Gasteiger partial charge is 0.459 e. The van der Waals surface area contributed by atoms with Gasteiger partial charge < -0.3 is 9.73 Å². The van der Waals surface area contributed by atoms with Gasteiger partial charge in [-0.15, -0.1) is 0 Å². The Hall–Kier alpha value is -2.04. The van der Waals surface area contributed by atoms with Crippen molar-refractivity contribution in [3.63, 3.8) is 0 Å². The average molecular weight is 259 g/mol. The van der Waals surface area contributed by atoms with Crippen LogP contribution < -0.4 is 5.32 Å². The highest BCUT2D eigenvalue weighted by molar-refractivity contribution is 5.93. The van der Waals surface area contributed by atoms with E-state index in [1.807, 2.05) is 17.8 Å². The van der Waals surface area contributed by atoms with Crippen molar-refractivity contribution in [2.45, 2.75) is 32.7 Å². The number of carbonyl (C=O) groups excluding carboxylic acids is 1. The van der Waals surface area contributed by atoms with E-state index in [0.717, 1.165) is 30.4 Å². The zero-order chi connectivity index (χ0) is 13.2. The molecule has 0 spiro atoms. The topological polar surface area (TPSA) is 60.1 Å². The number of hydrogen-bond donors (Lipinski definition) is 1. The second-order valence-electron chi connectivity index (χ2n) is 4.96. The maximum absolute atomic E-state index is 12.0. The summed E-state index contributed by atoms with van der Waals surface area (Å²) in [6.07, 6.45) is 8.57. The summed E-state index contributed by atoms with van der Waals surface area (Å²) in [7, 11) is 0. The number of aryl methyl sites for hydroxylation is 2. The molecule has 2 aromatic heterocycles. The fraction of sp³-hybridized carbons (Fsp3) is 0.429. The minimum Gasteiger partial charge on any atom is -0.459 e. The molecule has 1 amide bonds. The second kappa shape index (κ2) is 4.91. The molecule has 1 aliphatic carbocycles. The fourth-order valence-corrected chi connectivity index (χ4v) is 2.50. The van der Waals surface area contributed by atoms with E-state index in [4.69, 9.17) is 4.42 Å². The van der Waals surface area contributed by atoms with Crippen LogP contribution in [0.4, 0.5) is 0 Å². The van der Waals surface area contributed by atoms with E-state index in [1.165, 1.54) is 5.56 Å². The number of aromatic nitrogens is 2. The molecule has 0 bridgehead atoms. The van der Waals surface area contributed by atoms with Crippen molar-refractivity contribution in [3.8, 4) is 0 Å². The first-order valence-corrected chi connectivity index (χ1v) is 6.60. The van der Waals surface area contributed by atoms with Gasteiger partial charge in [-0.3, -0.25) is 9.48 Å². The van der Waals surface area contributed by atoms with Gasteiger partial charge in [0, 0.05) is 18.3 Å². The SMILES string of the molecule is Cc1cnn(CCNC(=O)c2occ3c2CCC3)c1. The number of rotatable bonds is 4. The first kappa shape index (κ1) is 12.0. The lowest BCUT2D eigenvalue weighted by Crippen LogP contribution is -2.27. The summed E-state index contributed by atoms with van der Waals surface area (Å²) in [6.45, 7) is 3.21.